The Morgan fingerprint density at radius 2 is 1.52 bits per heavy atom. The van der Waals surface area contributed by atoms with Gasteiger partial charge in [0.2, 0.25) is 0 Å². The Morgan fingerprint density at radius 3 is 2.19 bits per heavy atom. The Labute approximate surface area is 185 Å². The molecule has 3 aromatic carbocycles. The molecule has 0 fully saturated rings. The van der Waals surface area contributed by atoms with Gasteiger partial charge in [-0.1, -0.05) is 94.8 Å². The number of hydrogen-bond donors (Lipinski definition) is 1. The first-order chi connectivity index (χ1) is 14.7. The Hall–Kier alpha value is -2.55. The number of phosphoric ester groups is 1. The summed E-state index contributed by atoms with van der Waals surface area (Å²) in [6.45, 7) is 8.38. The highest BCUT2D eigenvalue weighted by Crippen LogP contribution is 2.48. The van der Waals surface area contributed by atoms with Crippen molar-refractivity contribution in [1.29, 1.82) is 0 Å². The maximum absolute atomic E-state index is 13.0. The van der Waals surface area contributed by atoms with Gasteiger partial charge in [0.1, 0.15) is 11.5 Å². The van der Waals surface area contributed by atoms with E-state index in [-0.39, 0.29) is 5.41 Å². The molecule has 3 aromatic rings. The first-order valence-electron chi connectivity index (χ1n) is 10.7. The zero-order valence-corrected chi connectivity index (χ0v) is 19.6. The average Bonchev–Trinajstić information content (AvgIpc) is 2.72. The molecular weight excluding hydrogens is 407 g/mol. The molecule has 0 aromatic heterocycles. The molecule has 0 aliphatic carbocycles. The first kappa shape index (κ1) is 23.1. The highest BCUT2D eigenvalue weighted by Gasteiger charge is 2.28. The molecule has 0 radical (unpaired) electrons. The summed E-state index contributed by atoms with van der Waals surface area (Å²) in [6.07, 6.45) is 2.78. The summed E-state index contributed by atoms with van der Waals surface area (Å²) in [5.41, 5.74) is 3.41. The molecule has 4 nitrogen and oxygen atoms in total. The second kappa shape index (κ2) is 9.72. The average molecular weight is 439 g/mol. The van der Waals surface area contributed by atoms with Crippen molar-refractivity contribution in [2.75, 3.05) is 0 Å². The second-order valence-electron chi connectivity index (χ2n) is 8.69. The maximum Gasteiger partial charge on any atom is 0.584 e. The van der Waals surface area contributed by atoms with E-state index in [2.05, 4.69) is 27.7 Å². The Morgan fingerprint density at radius 1 is 0.871 bits per heavy atom. The predicted octanol–water partition coefficient (Wildman–Crippen LogP) is 7.55. The summed E-state index contributed by atoms with van der Waals surface area (Å²) < 4.78 is 24.2. The predicted molar refractivity (Wildman–Crippen MR) is 127 cm³/mol. The molecule has 1 unspecified atom stereocenters. The van der Waals surface area contributed by atoms with E-state index in [0.29, 0.717) is 11.5 Å². The molecule has 5 heteroatoms. The highest BCUT2D eigenvalue weighted by molar-refractivity contribution is 7.48. The molecule has 1 atom stereocenters. The fourth-order valence-corrected chi connectivity index (χ4v) is 4.22. The van der Waals surface area contributed by atoms with Gasteiger partial charge in [0, 0.05) is 5.56 Å². The monoisotopic (exact) mass is 438 g/mol. The van der Waals surface area contributed by atoms with Crippen LogP contribution >= 0.6 is 7.82 Å². The number of hydrogen-bond acceptors (Lipinski definition) is 3. The lowest BCUT2D eigenvalue weighted by molar-refractivity contribution is 0.290. The van der Waals surface area contributed by atoms with Crippen LogP contribution in [0.2, 0.25) is 0 Å². The SMILES string of the molecule is CCCCc1ccccc1OP(=O)(O)Oc1cc(C(C)(C)C)ccc1-c1ccccc1. The number of para-hydroxylation sites is 1. The van der Waals surface area contributed by atoms with Gasteiger partial charge in [-0.2, -0.15) is 0 Å². The van der Waals surface area contributed by atoms with Crippen LogP contribution < -0.4 is 9.05 Å². The minimum Gasteiger partial charge on any atom is -0.395 e. The van der Waals surface area contributed by atoms with Crippen LogP contribution in [0.1, 0.15) is 51.7 Å². The summed E-state index contributed by atoms with van der Waals surface area (Å²) in [5, 5.41) is 0. The topological polar surface area (TPSA) is 55.8 Å². The van der Waals surface area contributed by atoms with Crippen molar-refractivity contribution in [1.82, 2.24) is 0 Å². The zero-order valence-electron chi connectivity index (χ0n) is 18.7. The van der Waals surface area contributed by atoms with Crippen molar-refractivity contribution in [3.8, 4) is 22.6 Å². The van der Waals surface area contributed by atoms with Gasteiger partial charge in [0.15, 0.2) is 0 Å². The van der Waals surface area contributed by atoms with Crippen molar-refractivity contribution in [3.63, 3.8) is 0 Å². The van der Waals surface area contributed by atoms with Crippen LogP contribution in [0.4, 0.5) is 0 Å². The van der Waals surface area contributed by atoms with Crippen molar-refractivity contribution in [2.45, 2.75) is 52.4 Å². The van der Waals surface area contributed by atoms with Crippen LogP contribution in [0.15, 0.2) is 72.8 Å². The standard InChI is InChI=1S/C26H31O4P/c1-5-6-12-21-15-10-11-16-24(21)29-31(27,28)30-25-19-22(26(2,3)4)17-18-23(25)20-13-8-7-9-14-20/h7-11,13-19H,5-6,12H2,1-4H3,(H,27,28). The van der Waals surface area contributed by atoms with Crippen LogP contribution in [0.5, 0.6) is 11.5 Å². The smallest absolute Gasteiger partial charge is 0.395 e. The molecule has 0 saturated carbocycles. The van der Waals surface area contributed by atoms with E-state index < -0.39 is 7.82 Å². The molecular formula is C26H31O4P. The number of phosphoric acid groups is 1. The fourth-order valence-electron chi connectivity index (χ4n) is 3.35. The van der Waals surface area contributed by atoms with Crippen LogP contribution in [0, 0.1) is 0 Å². The van der Waals surface area contributed by atoms with E-state index in [1.165, 1.54) is 0 Å². The summed E-state index contributed by atoms with van der Waals surface area (Å²) in [4.78, 5) is 10.6. The van der Waals surface area contributed by atoms with E-state index in [4.69, 9.17) is 9.05 Å². The van der Waals surface area contributed by atoms with Gasteiger partial charge in [-0.05, 0) is 47.1 Å². The van der Waals surface area contributed by atoms with Crippen molar-refractivity contribution >= 4 is 7.82 Å². The second-order valence-corrected chi connectivity index (χ2v) is 9.99. The van der Waals surface area contributed by atoms with Crippen LogP contribution in [-0.2, 0) is 16.4 Å². The molecule has 0 bridgehead atoms. The molecule has 0 spiro atoms. The Bertz CT molecular complexity index is 1050. The van der Waals surface area contributed by atoms with Gasteiger partial charge >= 0.3 is 7.82 Å². The molecule has 0 amide bonds. The lowest BCUT2D eigenvalue weighted by Crippen LogP contribution is -2.11. The van der Waals surface area contributed by atoms with Gasteiger partial charge in [0.05, 0.1) is 0 Å². The van der Waals surface area contributed by atoms with Gasteiger partial charge in [-0.25, -0.2) is 4.57 Å². The van der Waals surface area contributed by atoms with Gasteiger partial charge in [-0.15, -0.1) is 0 Å². The third-order valence-corrected chi connectivity index (χ3v) is 5.99. The Kier molecular flexibility index (Phi) is 7.25. The maximum atomic E-state index is 13.0. The van der Waals surface area contributed by atoms with Crippen LogP contribution in [0.3, 0.4) is 0 Å². The summed E-state index contributed by atoms with van der Waals surface area (Å²) >= 11 is 0. The number of rotatable bonds is 8. The number of benzene rings is 3. The van der Waals surface area contributed by atoms with Gasteiger partial charge in [-0.3, -0.25) is 4.89 Å². The van der Waals surface area contributed by atoms with Crippen molar-refractivity contribution < 1.29 is 18.5 Å². The van der Waals surface area contributed by atoms with E-state index in [1.807, 2.05) is 60.7 Å². The molecule has 0 aliphatic rings. The largest absolute Gasteiger partial charge is 0.584 e. The van der Waals surface area contributed by atoms with Crippen molar-refractivity contribution in [2.24, 2.45) is 0 Å². The molecule has 0 aliphatic heterocycles. The molecule has 164 valence electrons. The van der Waals surface area contributed by atoms with Gasteiger partial charge < -0.3 is 9.05 Å². The molecule has 31 heavy (non-hydrogen) atoms. The van der Waals surface area contributed by atoms with E-state index in [1.54, 1.807) is 12.1 Å². The minimum atomic E-state index is -4.41. The normalized spacial score (nSPS) is 13.5. The fraction of sp³-hybridized carbons (Fsp3) is 0.308. The lowest BCUT2D eigenvalue weighted by Gasteiger charge is -2.23. The molecule has 0 heterocycles. The Balaban J connectivity index is 1.96. The molecule has 0 saturated heterocycles. The van der Waals surface area contributed by atoms with Crippen LogP contribution in [-0.4, -0.2) is 4.89 Å². The molecule has 1 N–H and O–H groups in total. The lowest BCUT2D eigenvalue weighted by atomic mass is 9.86. The minimum absolute atomic E-state index is 0.139. The van der Waals surface area contributed by atoms with E-state index >= 15 is 0 Å². The van der Waals surface area contributed by atoms with Crippen molar-refractivity contribution in [3.05, 3.63) is 83.9 Å². The molecule has 3 rings (SSSR count). The summed E-state index contributed by atoms with van der Waals surface area (Å²) in [6, 6.07) is 22.8. The highest BCUT2D eigenvalue weighted by atomic mass is 31.2. The van der Waals surface area contributed by atoms with E-state index in [9.17, 15) is 9.46 Å². The van der Waals surface area contributed by atoms with Crippen LogP contribution in [0.25, 0.3) is 11.1 Å². The van der Waals surface area contributed by atoms with E-state index in [0.717, 1.165) is 41.5 Å². The number of aryl methyl sites for hydroxylation is 1. The third-order valence-electron chi connectivity index (χ3n) is 5.13. The third kappa shape index (κ3) is 6.22. The summed E-state index contributed by atoms with van der Waals surface area (Å²) in [7, 11) is -4.41. The number of unbranched alkanes of at least 4 members (excludes halogenated alkanes) is 1. The first-order valence-corrected chi connectivity index (χ1v) is 12.2. The quantitative estimate of drug-likeness (QED) is 0.369. The van der Waals surface area contributed by atoms with Gasteiger partial charge in [0.25, 0.3) is 0 Å². The summed E-state index contributed by atoms with van der Waals surface area (Å²) in [5.74, 6) is 0.713. The zero-order chi connectivity index (χ0) is 22.5.